The third kappa shape index (κ3) is 8.67. The van der Waals surface area contributed by atoms with Gasteiger partial charge in [-0.2, -0.15) is 4.57 Å². The zero-order valence-electron chi connectivity index (χ0n) is 30.8. The summed E-state index contributed by atoms with van der Waals surface area (Å²) in [7, 11) is 3.15. The molecule has 54 heavy (non-hydrogen) atoms. The number of methoxy groups -OCH3 is 2. The van der Waals surface area contributed by atoms with Crippen LogP contribution in [0, 0.1) is 12.8 Å². The molecule has 0 fully saturated rings. The van der Waals surface area contributed by atoms with Crippen LogP contribution in [0.1, 0.15) is 46.5 Å². The molecule has 1 N–H and O–H groups in total. The van der Waals surface area contributed by atoms with Crippen LogP contribution in [-0.2, 0) is 31.2 Å². The van der Waals surface area contributed by atoms with Crippen molar-refractivity contribution in [3.8, 4) is 11.5 Å². The molecule has 5 aromatic rings. The first kappa shape index (κ1) is 38.9. The molecule has 0 spiro atoms. The Bertz CT molecular complexity index is 2130. The molecule has 0 radical (unpaired) electrons. The number of aryl methyl sites for hydroxylation is 1. The zero-order valence-corrected chi connectivity index (χ0v) is 30.8. The van der Waals surface area contributed by atoms with Crippen molar-refractivity contribution in [2.24, 2.45) is 5.92 Å². The summed E-state index contributed by atoms with van der Waals surface area (Å²) in [5.74, 6) is -1.08. The number of ether oxygens (including phenoxy) is 4. The van der Waals surface area contributed by atoms with Crippen molar-refractivity contribution in [1.29, 1.82) is 0 Å². The van der Waals surface area contributed by atoms with Crippen molar-refractivity contribution in [2.75, 3.05) is 27.4 Å². The first-order valence-corrected chi connectivity index (χ1v) is 17.4. The van der Waals surface area contributed by atoms with Crippen molar-refractivity contribution in [3.63, 3.8) is 0 Å². The molecular weight excluding hydrogens is 690 g/mol. The summed E-state index contributed by atoms with van der Waals surface area (Å²) in [6, 6.07) is 31.1. The van der Waals surface area contributed by atoms with Gasteiger partial charge in [-0.15, -0.1) is 0 Å². The quantitative estimate of drug-likeness (QED) is 0.119. The van der Waals surface area contributed by atoms with Gasteiger partial charge in [0.15, 0.2) is 0 Å². The maximum absolute atomic E-state index is 13.9. The highest BCUT2D eigenvalue weighted by Gasteiger charge is 2.38. The predicted octanol–water partition coefficient (Wildman–Crippen LogP) is 4.72. The number of carbonyl (C=O) groups excluding carboxylic acids is 3. The average molecular weight is 734 g/mol. The summed E-state index contributed by atoms with van der Waals surface area (Å²) in [5.41, 5.74) is -0.535. The van der Waals surface area contributed by atoms with Crippen molar-refractivity contribution in [1.82, 2.24) is 14.5 Å². The van der Waals surface area contributed by atoms with Crippen molar-refractivity contribution >= 4 is 17.8 Å². The van der Waals surface area contributed by atoms with Gasteiger partial charge in [0.2, 0.25) is 5.91 Å². The SMILES string of the molecule is COc1ccc(C(OCC(=O)N[C@@H](COC(=O)C(C)C)Cn2cc(C)c(=O)n(C(=O)c3ccccc3)c2=O)(c2ccccc2)c2ccc(OC)cc2)cc1. The van der Waals surface area contributed by atoms with Gasteiger partial charge < -0.3 is 24.3 Å². The molecule has 1 heterocycles. The third-order valence-electron chi connectivity index (χ3n) is 8.82. The zero-order chi connectivity index (χ0) is 38.8. The summed E-state index contributed by atoms with van der Waals surface area (Å²) in [4.78, 5) is 66.5. The van der Waals surface area contributed by atoms with E-state index in [0.717, 1.165) is 10.1 Å². The fourth-order valence-corrected chi connectivity index (χ4v) is 6.00. The highest BCUT2D eigenvalue weighted by Crippen LogP contribution is 2.41. The molecule has 0 saturated carbocycles. The molecule has 1 amide bonds. The Morgan fingerprint density at radius 2 is 1.26 bits per heavy atom. The largest absolute Gasteiger partial charge is 0.497 e. The monoisotopic (exact) mass is 733 g/mol. The topological polar surface area (TPSA) is 144 Å². The maximum atomic E-state index is 13.9. The van der Waals surface area contributed by atoms with Crippen molar-refractivity contribution in [2.45, 2.75) is 39.0 Å². The van der Waals surface area contributed by atoms with E-state index in [2.05, 4.69) is 5.32 Å². The molecular formula is C42H43N3O9. The lowest BCUT2D eigenvalue weighted by atomic mass is 9.80. The Hall–Kier alpha value is -6.27. The summed E-state index contributed by atoms with van der Waals surface area (Å²) in [6.45, 7) is 3.81. The highest BCUT2D eigenvalue weighted by atomic mass is 16.5. The fourth-order valence-electron chi connectivity index (χ4n) is 6.00. The summed E-state index contributed by atoms with van der Waals surface area (Å²) in [5, 5.41) is 2.85. The number of nitrogens with one attached hydrogen (secondary N) is 1. The molecule has 0 saturated heterocycles. The van der Waals surface area contributed by atoms with Crippen LogP contribution in [-0.4, -0.2) is 60.4 Å². The van der Waals surface area contributed by atoms with E-state index in [-0.39, 0.29) is 24.3 Å². The Morgan fingerprint density at radius 1 is 0.741 bits per heavy atom. The van der Waals surface area contributed by atoms with Gasteiger partial charge in [0.25, 0.3) is 11.5 Å². The number of hydrogen-bond acceptors (Lipinski definition) is 9. The van der Waals surface area contributed by atoms with Crippen LogP contribution in [0.25, 0.3) is 0 Å². The number of benzene rings is 4. The fraction of sp³-hybridized carbons (Fsp3) is 0.262. The van der Waals surface area contributed by atoms with E-state index < -0.39 is 53.2 Å². The van der Waals surface area contributed by atoms with Crippen LogP contribution in [0.5, 0.6) is 11.5 Å². The molecule has 5 rings (SSSR count). The number of carbonyl (C=O) groups is 3. The average Bonchev–Trinajstić information content (AvgIpc) is 3.20. The summed E-state index contributed by atoms with van der Waals surface area (Å²) < 4.78 is 24.8. The van der Waals surface area contributed by atoms with E-state index >= 15 is 0 Å². The summed E-state index contributed by atoms with van der Waals surface area (Å²) in [6.07, 6.45) is 1.31. The molecule has 0 aliphatic rings. The lowest BCUT2D eigenvalue weighted by molar-refractivity contribution is -0.149. The second-order valence-electron chi connectivity index (χ2n) is 12.9. The minimum atomic E-state index is -1.29. The van der Waals surface area contributed by atoms with Gasteiger partial charge in [0, 0.05) is 17.3 Å². The standard InChI is InChI=1S/C42H43N3O9/c1-28(2)40(49)53-26-34(25-44-24-29(3)38(47)45(41(44)50)39(48)30-12-8-6-9-13-30)43-37(46)27-54-42(31-14-10-7-11-15-31,32-16-20-35(51-4)21-17-32)33-18-22-36(52-5)23-19-33/h6-24,28,34H,25-27H2,1-5H3,(H,43,46)/t34-/m1/s1. The van der Waals surface area contributed by atoms with E-state index in [0.29, 0.717) is 27.2 Å². The molecule has 12 nitrogen and oxygen atoms in total. The maximum Gasteiger partial charge on any atom is 0.338 e. The minimum Gasteiger partial charge on any atom is -0.497 e. The lowest BCUT2D eigenvalue weighted by Crippen LogP contribution is -2.49. The number of aromatic nitrogens is 2. The molecule has 0 bridgehead atoms. The highest BCUT2D eigenvalue weighted by molar-refractivity contribution is 5.95. The van der Waals surface area contributed by atoms with Crippen LogP contribution in [0.2, 0.25) is 0 Å². The first-order valence-electron chi connectivity index (χ1n) is 17.4. The number of hydrogen-bond donors (Lipinski definition) is 1. The number of rotatable bonds is 15. The molecule has 12 heteroatoms. The number of amides is 1. The Balaban J connectivity index is 1.50. The van der Waals surface area contributed by atoms with E-state index in [1.807, 2.05) is 54.6 Å². The smallest absolute Gasteiger partial charge is 0.338 e. The second kappa shape index (κ2) is 17.5. The summed E-state index contributed by atoms with van der Waals surface area (Å²) >= 11 is 0. The number of nitrogens with zero attached hydrogens (tertiary/aromatic N) is 2. The van der Waals surface area contributed by atoms with Gasteiger partial charge in [-0.3, -0.25) is 23.7 Å². The van der Waals surface area contributed by atoms with Gasteiger partial charge >= 0.3 is 11.7 Å². The molecule has 0 unspecified atom stereocenters. The van der Waals surface area contributed by atoms with Crippen LogP contribution < -0.4 is 26.0 Å². The van der Waals surface area contributed by atoms with Crippen LogP contribution in [0.3, 0.4) is 0 Å². The van der Waals surface area contributed by atoms with E-state index in [4.69, 9.17) is 18.9 Å². The lowest BCUT2D eigenvalue weighted by Gasteiger charge is -2.36. The Labute approximate surface area is 312 Å². The third-order valence-corrected chi connectivity index (χ3v) is 8.82. The van der Waals surface area contributed by atoms with Crippen molar-refractivity contribution < 1.29 is 33.3 Å². The predicted molar refractivity (Wildman–Crippen MR) is 202 cm³/mol. The van der Waals surface area contributed by atoms with Crippen LogP contribution >= 0.6 is 0 Å². The first-order chi connectivity index (χ1) is 26.0. The number of esters is 1. The van der Waals surface area contributed by atoms with Crippen molar-refractivity contribution in [3.05, 3.63) is 164 Å². The molecule has 0 aliphatic heterocycles. The van der Waals surface area contributed by atoms with E-state index in [1.54, 1.807) is 70.5 Å². The minimum absolute atomic E-state index is 0.123. The molecule has 4 aromatic carbocycles. The van der Waals surface area contributed by atoms with Gasteiger partial charge in [0.05, 0.1) is 32.7 Å². The van der Waals surface area contributed by atoms with E-state index in [1.165, 1.54) is 25.3 Å². The second-order valence-corrected chi connectivity index (χ2v) is 12.9. The normalized spacial score (nSPS) is 11.8. The molecule has 1 aromatic heterocycles. The van der Waals surface area contributed by atoms with Gasteiger partial charge in [-0.1, -0.05) is 86.6 Å². The van der Waals surface area contributed by atoms with Crippen LogP contribution in [0.4, 0.5) is 0 Å². The van der Waals surface area contributed by atoms with Gasteiger partial charge in [-0.25, -0.2) is 4.79 Å². The Morgan fingerprint density at radius 3 is 1.78 bits per heavy atom. The van der Waals surface area contributed by atoms with Crippen LogP contribution in [0.15, 0.2) is 125 Å². The molecule has 1 atom stereocenters. The molecule has 0 aliphatic carbocycles. The van der Waals surface area contributed by atoms with Gasteiger partial charge in [0.1, 0.15) is 30.3 Å². The Kier molecular flexibility index (Phi) is 12.6. The van der Waals surface area contributed by atoms with E-state index in [9.17, 15) is 24.0 Å². The molecule has 280 valence electrons. The van der Waals surface area contributed by atoms with Gasteiger partial charge in [-0.05, 0) is 60.0 Å².